The monoisotopic (exact) mass is 319 g/mol. The van der Waals surface area contributed by atoms with Crippen LogP contribution in [0.1, 0.15) is 23.2 Å². The van der Waals surface area contributed by atoms with Crippen LogP contribution in [0.2, 0.25) is 0 Å². The molecular weight excluding hydrogens is 311 g/mol. The predicted octanol–water partition coefficient (Wildman–Crippen LogP) is 2.81. The summed E-state index contributed by atoms with van der Waals surface area (Å²) in [7, 11) is 0. The number of pyridine rings is 1. The molecule has 0 aliphatic carbocycles. The van der Waals surface area contributed by atoms with Crippen LogP contribution in [-0.2, 0) is 10.9 Å². The van der Waals surface area contributed by atoms with Crippen LogP contribution in [0.5, 0.6) is 0 Å². The molecule has 0 amide bonds. The third kappa shape index (κ3) is 3.94. The summed E-state index contributed by atoms with van der Waals surface area (Å²) in [4.78, 5) is 15.1. The second kappa shape index (κ2) is 6.12. The summed E-state index contributed by atoms with van der Waals surface area (Å²) in [6.07, 6.45) is -3.45. The molecule has 0 radical (unpaired) electrons. The largest absolute Gasteiger partial charge is 0.459 e. The van der Waals surface area contributed by atoms with Crippen LogP contribution in [0.25, 0.3) is 0 Å². The molecule has 6 nitrogen and oxygen atoms in total. The van der Waals surface area contributed by atoms with Gasteiger partial charge in [-0.05, 0) is 30.8 Å². The van der Waals surface area contributed by atoms with Crippen LogP contribution >= 0.6 is 11.8 Å². The Bertz CT molecular complexity index is 645. The van der Waals surface area contributed by atoms with Crippen LogP contribution in [0.15, 0.2) is 33.0 Å². The average molecular weight is 319 g/mol. The third-order valence-corrected chi connectivity index (χ3v) is 2.88. The zero-order valence-corrected chi connectivity index (χ0v) is 11.4. The van der Waals surface area contributed by atoms with E-state index in [0.29, 0.717) is 11.8 Å². The van der Waals surface area contributed by atoms with Gasteiger partial charge in [0.1, 0.15) is 5.03 Å². The molecule has 0 aliphatic heterocycles. The first kappa shape index (κ1) is 15.3. The molecule has 0 aromatic carbocycles. The topological polar surface area (TPSA) is 78.1 Å². The van der Waals surface area contributed by atoms with E-state index in [1.807, 2.05) is 0 Å². The van der Waals surface area contributed by atoms with Crippen LogP contribution in [0.3, 0.4) is 0 Å². The molecule has 0 atom stereocenters. The van der Waals surface area contributed by atoms with Crippen molar-refractivity contribution in [3.63, 3.8) is 0 Å². The van der Waals surface area contributed by atoms with E-state index in [1.165, 1.54) is 0 Å². The molecule has 0 aliphatic rings. The highest BCUT2D eigenvalue weighted by Crippen LogP contribution is 2.32. The number of rotatable bonds is 4. The fourth-order valence-electron chi connectivity index (χ4n) is 1.26. The van der Waals surface area contributed by atoms with Gasteiger partial charge in [0.25, 0.3) is 5.22 Å². The third-order valence-electron chi connectivity index (χ3n) is 2.11. The maximum atomic E-state index is 12.6. The molecule has 2 aromatic heterocycles. The lowest BCUT2D eigenvalue weighted by molar-refractivity contribution is -0.137. The summed E-state index contributed by atoms with van der Waals surface area (Å²) in [5.74, 6) is -1.17. The molecule has 0 unspecified atom stereocenters. The van der Waals surface area contributed by atoms with Crippen molar-refractivity contribution in [2.45, 2.75) is 23.3 Å². The number of halogens is 3. The number of hydrogen-bond acceptors (Lipinski definition) is 7. The van der Waals surface area contributed by atoms with Gasteiger partial charge in [0, 0.05) is 6.20 Å². The van der Waals surface area contributed by atoms with Crippen molar-refractivity contribution in [2.24, 2.45) is 0 Å². The maximum absolute atomic E-state index is 12.6. The SMILES string of the molecule is CCOC(=O)c1nnc(Sc2cc(C(F)(F)F)ccn2)o1. The lowest BCUT2D eigenvalue weighted by Crippen LogP contribution is -2.05. The van der Waals surface area contributed by atoms with Crippen molar-refractivity contribution in [2.75, 3.05) is 6.61 Å². The molecule has 0 N–H and O–H groups in total. The number of aromatic nitrogens is 3. The number of alkyl halides is 3. The predicted molar refractivity (Wildman–Crippen MR) is 63.6 cm³/mol. The molecule has 2 rings (SSSR count). The molecule has 0 saturated carbocycles. The molecular formula is C11H8F3N3O3S. The van der Waals surface area contributed by atoms with Crippen molar-refractivity contribution >= 4 is 17.7 Å². The fraction of sp³-hybridized carbons (Fsp3) is 0.273. The Balaban J connectivity index is 2.14. The van der Waals surface area contributed by atoms with Crippen molar-refractivity contribution < 1.29 is 27.1 Å². The molecule has 0 bridgehead atoms. The molecule has 2 heterocycles. The minimum Gasteiger partial charge on any atom is -0.459 e. The minimum absolute atomic E-state index is 0.0175. The van der Waals surface area contributed by atoms with Gasteiger partial charge in [-0.15, -0.1) is 5.10 Å². The highest BCUT2D eigenvalue weighted by molar-refractivity contribution is 7.99. The molecule has 10 heteroatoms. The van der Waals surface area contributed by atoms with E-state index in [-0.39, 0.29) is 22.7 Å². The van der Waals surface area contributed by atoms with Gasteiger partial charge in [0.15, 0.2) is 0 Å². The minimum atomic E-state index is -4.47. The number of ether oxygens (including phenoxy) is 1. The fourth-order valence-corrected chi connectivity index (χ4v) is 1.94. The first-order valence-electron chi connectivity index (χ1n) is 5.62. The number of carbonyl (C=O) groups is 1. The lowest BCUT2D eigenvalue weighted by atomic mass is 10.3. The van der Waals surface area contributed by atoms with Gasteiger partial charge in [-0.25, -0.2) is 9.78 Å². The normalized spacial score (nSPS) is 11.4. The summed E-state index contributed by atoms with van der Waals surface area (Å²) in [6.45, 7) is 1.75. The van der Waals surface area contributed by atoms with Crippen molar-refractivity contribution in [3.05, 3.63) is 29.8 Å². The van der Waals surface area contributed by atoms with Crippen molar-refractivity contribution in [3.8, 4) is 0 Å². The highest BCUT2D eigenvalue weighted by atomic mass is 32.2. The van der Waals surface area contributed by atoms with E-state index in [4.69, 9.17) is 4.42 Å². The number of carbonyl (C=O) groups excluding carboxylic acids is 1. The van der Waals surface area contributed by atoms with E-state index in [0.717, 1.165) is 18.3 Å². The summed E-state index contributed by atoms with van der Waals surface area (Å²) in [6, 6.07) is 1.70. The Morgan fingerprint density at radius 2 is 2.19 bits per heavy atom. The van der Waals surface area contributed by atoms with Gasteiger partial charge < -0.3 is 9.15 Å². The smallest absolute Gasteiger partial charge is 0.416 e. The van der Waals surface area contributed by atoms with Crippen LogP contribution < -0.4 is 0 Å². The van der Waals surface area contributed by atoms with E-state index in [2.05, 4.69) is 19.9 Å². The van der Waals surface area contributed by atoms with Crippen LogP contribution in [-0.4, -0.2) is 27.8 Å². The Morgan fingerprint density at radius 1 is 1.43 bits per heavy atom. The average Bonchev–Trinajstić information content (AvgIpc) is 2.87. The van der Waals surface area contributed by atoms with Gasteiger partial charge in [-0.3, -0.25) is 0 Å². The summed E-state index contributed by atoms with van der Waals surface area (Å²) < 4.78 is 47.3. The zero-order valence-electron chi connectivity index (χ0n) is 10.5. The summed E-state index contributed by atoms with van der Waals surface area (Å²) >= 11 is 0.715. The Hall–Kier alpha value is -2.10. The van der Waals surface area contributed by atoms with Crippen molar-refractivity contribution in [1.82, 2.24) is 15.2 Å². The van der Waals surface area contributed by atoms with E-state index < -0.39 is 17.7 Å². The highest BCUT2D eigenvalue weighted by Gasteiger charge is 2.31. The molecule has 21 heavy (non-hydrogen) atoms. The Morgan fingerprint density at radius 3 is 2.86 bits per heavy atom. The van der Waals surface area contributed by atoms with Crippen molar-refractivity contribution in [1.29, 1.82) is 0 Å². The summed E-state index contributed by atoms with van der Waals surface area (Å²) in [5.41, 5.74) is -0.842. The van der Waals surface area contributed by atoms with E-state index in [9.17, 15) is 18.0 Å². The maximum Gasteiger partial charge on any atom is 0.416 e. The zero-order chi connectivity index (χ0) is 15.5. The van der Waals surface area contributed by atoms with E-state index in [1.54, 1.807) is 6.92 Å². The standard InChI is InChI=1S/C11H8F3N3O3S/c1-2-19-9(18)8-16-17-10(20-8)21-7-5-6(3-4-15-7)11(12,13)14/h3-5H,2H2,1H3. The van der Waals surface area contributed by atoms with Gasteiger partial charge in [0.05, 0.1) is 12.2 Å². The van der Waals surface area contributed by atoms with Gasteiger partial charge in [0.2, 0.25) is 0 Å². The first-order chi connectivity index (χ1) is 9.90. The van der Waals surface area contributed by atoms with Crippen LogP contribution in [0, 0.1) is 0 Å². The number of hydrogen-bond donors (Lipinski definition) is 0. The van der Waals surface area contributed by atoms with Gasteiger partial charge in [-0.1, -0.05) is 5.10 Å². The Kier molecular flexibility index (Phi) is 4.46. The number of esters is 1. The Labute approximate surface area is 120 Å². The summed E-state index contributed by atoms with van der Waals surface area (Å²) in [5, 5.41) is 6.88. The molecule has 0 spiro atoms. The van der Waals surface area contributed by atoms with E-state index >= 15 is 0 Å². The molecule has 0 fully saturated rings. The molecule has 2 aromatic rings. The van der Waals surface area contributed by atoms with Gasteiger partial charge >= 0.3 is 18.0 Å². The second-order valence-electron chi connectivity index (χ2n) is 3.58. The molecule has 0 saturated heterocycles. The quantitative estimate of drug-likeness (QED) is 0.802. The second-order valence-corrected chi connectivity index (χ2v) is 4.55. The molecule has 112 valence electrons. The lowest BCUT2D eigenvalue weighted by Gasteiger charge is -2.06. The van der Waals surface area contributed by atoms with Crippen LogP contribution in [0.4, 0.5) is 13.2 Å². The number of nitrogens with zero attached hydrogens (tertiary/aromatic N) is 3. The van der Waals surface area contributed by atoms with Gasteiger partial charge in [-0.2, -0.15) is 13.2 Å². The first-order valence-corrected chi connectivity index (χ1v) is 6.43.